The van der Waals surface area contributed by atoms with E-state index >= 15 is 0 Å². The SMILES string of the molecule is C[C@@H](N)c1cc(Cl)ncc1Cl. The molecule has 1 atom stereocenters. The summed E-state index contributed by atoms with van der Waals surface area (Å²) in [6.45, 7) is 1.84. The van der Waals surface area contributed by atoms with Crippen molar-refractivity contribution in [2.45, 2.75) is 13.0 Å². The molecule has 4 heteroatoms. The van der Waals surface area contributed by atoms with Gasteiger partial charge < -0.3 is 5.73 Å². The van der Waals surface area contributed by atoms with Crippen LogP contribution in [0.25, 0.3) is 0 Å². The molecule has 60 valence electrons. The molecule has 0 saturated heterocycles. The normalized spacial score (nSPS) is 13.1. The molecule has 0 bridgehead atoms. The van der Waals surface area contributed by atoms with Gasteiger partial charge in [-0.1, -0.05) is 23.2 Å². The van der Waals surface area contributed by atoms with Gasteiger partial charge in [-0.25, -0.2) is 4.98 Å². The molecule has 0 radical (unpaired) electrons. The van der Waals surface area contributed by atoms with Crippen LogP contribution in [0, 0.1) is 0 Å². The van der Waals surface area contributed by atoms with E-state index in [9.17, 15) is 0 Å². The first-order chi connectivity index (χ1) is 5.11. The highest BCUT2D eigenvalue weighted by Gasteiger charge is 2.05. The van der Waals surface area contributed by atoms with Crippen molar-refractivity contribution in [1.29, 1.82) is 0 Å². The number of rotatable bonds is 1. The summed E-state index contributed by atoms with van der Waals surface area (Å²) in [5.41, 5.74) is 6.44. The summed E-state index contributed by atoms with van der Waals surface area (Å²) in [5.74, 6) is 0. The first-order valence-corrected chi connectivity index (χ1v) is 3.93. The number of aromatic nitrogens is 1. The molecule has 0 unspecified atom stereocenters. The standard InChI is InChI=1S/C7H8Cl2N2/c1-4(10)5-2-7(9)11-3-6(5)8/h2-4H,10H2,1H3/t4-/m1/s1. The third-order valence-electron chi connectivity index (χ3n) is 1.34. The van der Waals surface area contributed by atoms with Crippen molar-refractivity contribution in [3.63, 3.8) is 0 Å². The predicted octanol–water partition coefficient (Wildman–Crippen LogP) is 2.41. The molecule has 1 aromatic heterocycles. The highest BCUT2D eigenvalue weighted by molar-refractivity contribution is 6.32. The molecule has 0 aliphatic rings. The lowest BCUT2D eigenvalue weighted by molar-refractivity contribution is 0.816. The number of pyridine rings is 1. The van der Waals surface area contributed by atoms with Gasteiger partial charge in [0.2, 0.25) is 0 Å². The summed E-state index contributed by atoms with van der Waals surface area (Å²) >= 11 is 11.4. The first-order valence-electron chi connectivity index (χ1n) is 3.18. The molecule has 1 aromatic rings. The van der Waals surface area contributed by atoms with Crippen LogP contribution >= 0.6 is 23.2 Å². The molecular formula is C7H8Cl2N2. The maximum atomic E-state index is 5.79. The van der Waals surface area contributed by atoms with Crippen LogP contribution in [0.1, 0.15) is 18.5 Å². The molecule has 0 aromatic carbocycles. The monoisotopic (exact) mass is 190 g/mol. The highest BCUT2D eigenvalue weighted by Crippen LogP contribution is 2.22. The van der Waals surface area contributed by atoms with E-state index < -0.39 is 0 Å². The van der Waals surface area contributed by atoms with E-state index in [4.69, 9.17) is 28.9 Å². The van der Waals surface area contributed by atoms with Crippen molar-refractivity contribution in [2.75, 3.05) is 0 Å². The van der Waals surface area contributed by atoms with Crippen LogP contribution in [0.5, 0.6) is 0 Å². The molecule has 0 fully saturated rings. The molecule has 0 saturated carbocycles. The topological polar surface area (TPSA) is 38.9 Å². The van der Waals surface area contributed by atoms with Crippen molar-refractivity contribution in [2.24, 2.45) is 5.73 Å². The van der Waals surface area contributed by atoms with Gasteiger partial charge in [-0.15, -0.1) is 0 Å². The maximum Gasteiger partial charge on any atom is 0.129 e. The summed E-state index contributed by atoms with van der Waals surface area (Å²) in [4.78, 5) is 3.80. The Morgan fingerprint density at radius 3 is 2.64 bits per heavy atom. The van der Waals surface area contributed by atoms with Gasteiger partial charge in [-0.3, -0.25) is 0 Å². The van der Waals surface area contributed by atoms with E-state index in [1.165, 1.54) is 6.20 Å². The number of halogens is 2. The van der Waals surface area contributed by atoms with Crippen LogP contribution in [0.2, 0.25) is 10.2 Å². The smallest absolute Gasteiger partial charge is 0.129 e. The number of hydrogen-bond donors (Lipinski definition) is 1. The van der Waals surface area contributed by atoms with Crippen LogP contribution in [0.15, 0.2) is 12.3 Å². The second kappa shape index (κ2) is 3.39. The molecule has 0 spiro atoms. The van der Waals surface area contributed by atoms with Gasteiger partial charge in [0.05, 0.1) is 5.02 Å². The average molecular weight is 191 g/mol. The van der Waals surface area contributed by atoms with Crippen molar-refractivity contribution in [3.8, 4) is 0 Å². The quantitative estimate of drug-likeness (QED) is 0.692. The zero-order chi connectivity index (χ0) is 8.43. The van der Waals surface area contributed by atoms with E-state index in [-0.39, 0.29) is 6.04 Å². The van der Waals surface area contributed by atoms with Gasteiger partial charge in [0.1, 0.15) is 5.15 Å². The first kappa shape index (κ1) is 8.78. The number of nitrogens with two attached hydrogens (primary N) is 1. The summed E-state index contributed by atoms with van der Waals surface area (Å²) in [6.07, 6.45) is 1.50. The molecule has 1 rings (SSSR count). The lowest BCUT2D eigenvalue weighted by atomic mass is 10.1. The van der Waals surface area contributed by atoms with Crippen LogP contribution in [0.3, 0.4) is 0 Å². The predicted molar refractivity (Wildman–Crippen MR) is 46.9 cm³/mol. The molecule has 0 aliphatic heterocycles. The van der Waals surface area contributed by atoms with E-state index in [2.05, 4.69) is 4.98 Å². The Labute approximate surface area is 75.3 Å². The molecule has 11 heavy (non-hydrogen) atoms. The molecular weight excluding hydrogens is 183 g/mol. The van der Waals surface area contributed by atoms with E-state index in [1.807, 2.05) is 6.92 Å². The van der Waals surface area contributed by atoms with Crippen LogP contribution in [-0.2, 0) is 0 Å². The zero-order valence-corrected chi connectivity index (χ0v) is 7.52. The fraction of sp³-hybridized carbons (Fsp3) is 0.286. The summed E-state index contributed by atoms with van der Waals surface area (Å²) in [5, 5.41) is 0.978. The van der Waals surface area contributed by atoms with E-state index in [0.29, 0.717) is 10.2 Å². The number of hydrogen-bond acceptors (Lipinski definition) is 2. The number of nitrogens with zero attached hydrogens (tertiary/aromatic N) is 1. The zero-order valence-electron chi connectivity index (χ0n) is 6.01. The molecule has 0 amide bonds. The minimum absolute atomic E-state index is 0.108. The van der Waals surface area contributed by atoms with Crippen molar-refractivity contribution >= 4 is 23.2 Å². The lowest BCUT2D eigenvalue weighted by Gasteiger charge is -2.06. The molecule has 1 heterocycles. The fourth-order valence-electron chi connectivity index (χ4n) is 0.776. The molecule has 2 N–H and O–H groups in total. The summed E-state index contributed by atoms with van der Waals surface area (Å²) in [7, 11) is 0. The van der Waals surface area contributed by atoms with Gasteiger partial charge in [-0.05, 0) is 18.6 Å². The maximum absolute atomic E-state index is 5.79. The minimum Gasteiger partial charge on any atom is -0.324 e. The van der Waals surface area contributed by atoms with Gasteiger partial charge in [0.15, 0.2) is 0 Å². The van der Waals surface area contributed by atoms with Gasteiger partial charge >= 0.3 is 0 Å². The largest absolute Gasteiger partial charge is 0.324 e. The Morgan fingerprint density at radius 2 is 2.18 bits per heavy atom. The van der Waals surface area contributed by atoms with Crippen LogP contribution in [0.4, 0.5) is 0 Å². The van der Waals surface area contributed by atoms with E-state index in [0.717, 1.165) is 5.56 Å². The Kier molecular flexibility index (Phi) is 2.71. The Balaban J connectivity index is 3.13. The van der Waals surface area contributed by atoms with E-state index in [1.54, 1.807) is 6.07 Å². The Hall–Kier alpha value is -0.310. The summed E-state index contributed by atoms with van der Waals surface area (Å²) < 4.78 is 0. The fourth-order valence-corrected chi connectivity index (χ4v) is 1.22. The summed E-state index contributed by atoms with van der Waals surface area (Å²) in [6, 6.07) is 1.57. The molecule has 0 aliphatic carbocycles. The molecule has 2 nitrogen and oxygen atoms in total. The van der Waals surface area contributed by atoms with Crippen LogP contribution < -0.4 is 5.73 Å². The minimum atomic E-state index is -0.108. The van der Waals surface area contributed by atoms with Crippen molar-refractivity contribution in [1.82, 2.24) is 4.98 Å². The Bertz CT molecular complexity index is 261. The van der Waals surface area contributed by atoms with Gasteiger partial charge in [0.25, 0.3) is 0 Å². The average Bonchev–Trinajstić information content (AvgIpc) is 1.94. The Morgan fingerprint density at radius 1 is 1.55 bits per heavy atom. The van der Waals surface area contributed by atoms with Gasteiger partial charge in [0, 0.05) is 12.2 Å². The highest BCUT2D eigenvalue weighted by atomic mass is 35.5. The van der Waals surface area contributed by atoms with Crippen molar-refractivity contribution in [3.05, 3.63) is 28.0 Å². The second-order valence-electron chi connectivity index (χ2n) is 2.32. The third-order valence-corrected chi connectivity index (χ3v) is 1.86. The van der Waals surface area contributed by atoms with Gasteiger partial charge in [-0.2, -0.15) is 0 Å². The second-order valence-corrected chi connectivity index (χ2v) is 3.11. The van der Waals surface area contributed by atoms with Crippen LogP contribution in [-0.4, -0.2) is 4.98 Å². The lowest BCUT2D eigenvalue weighted by Crippen LogP contribution is -2.05. The van der Waals surface area contributed by atoms with Crippen molar-refractivity contribution < 1.29 is 0 Å². The third kappa shape index (κ3) is 2.06.